The second kappa shape index (κ2) is 8.48. The third-order valence-corrected chi connectivity index (χ3v) is 4.87. The second-order valence-electron chi connectivity index (χ2n) is 6.87. The fourth-order valence-corrected chi connectivity index (χ4v) is 3.59. The van der Waals surface area contributed by atoms with Crippen LogP contribution in [0.4, 0.5) is 4.79 Å². The Hall–Kier alpha value is -1.60. The lowest BCUT2D eigenvalue weighted by Gasteiger charge is -2.40. The molecule has 0 bridgehead atoms. The van der Waals surface area contributed by atoms with E-state index in [9.17, 15) is 4.79 Å². The summed E-state index contributed by atoms with van der Waals surface area (Å²) in [6, 6.07) is 0.468. The molecular weight excluding hydrogens is 306 g/mol. The zero-order valence-electron chi connectivity index (χ0n) is 14.6. The van der Waals surface area contributed by atoms with Gasteiger partial charge in [-0.25, -0.2) is 9.78 Å². The van der Waals surface area contributed by atoms with Crippen molar-refractivity contribution >= 4 is 6.03 Å². The molecule has 1 aromatic heterocycles. The van der Waals surface area contributed by atoms with Gasteiger partial charge in [-0.15, -0.1) is 0 Å². The molecule has 0 radical (unpaired) electrons. The molecule has 1 N–H and O–H groups in total. The molecule has 3 heterocycles. The van der Waals surface area contributed by atoms with Crippen LogP contribution in [0.25, 0.3) is 0 Å². The molecule has 0 aromatic carbocycles. The van der Waals surface area contributed by atoms with E-state index in [-0.39, 0.29) is 12.1 Å². The average molecular weight is 335 g/mol. The molecule has 3 rings (SSSR count). The van der Waals surface area contributed by atoms with Crippen molar-refractivity contribution in [1.29, 1.82) is 0 Å². The monoisotopic (exact) mass is 335 g/mol. The summed E-state index contributed by atoms with van der Waals surface area (Å²) in [7, 11) is 0. The summed E-state index contributed by atoms with van der Waals surface area (Å²) >= 11 is 0. The molecule has 2 aliphatic heterocycles. The highest BCUT2D eigenvalue weighted by molar-refractivity contribution is 5.75. The number of carbonyl (C=O) groups excluding carboxylic acids is 1. The maximum absolute atomic E-state index is 12.7. The number of likely N-dealkylation sites (tertiary alicyclic amines) is 1. The summed E-state index contributed by atoms with van der Waals surface area (Å²) in [4.78, 5) is 21.3. The van der Waals surface area contributed by atoms with Crippen LogP contribution in [0.2, 0.25) is 0 Å². The van der Waals surface area contributed by atoms with E-state index in [0.29, 0.717) is 6.04 Å². The van der Waals surface area contributed by atoms with Crippen LogP contribution < -0.4 is 5.32 Å². The van der Waals surface area contributed by atoms with Crippen LogP contribution in [0.15, 0.2) is 18.7 Å². The van der Waals surface area contributed by atoms with E-state index >= 15 is 0 Å². The minimum Gasteiger partial charge on any atom is -0.379 e. The molecule has 2 atom stereocenters. The van der Waals surface area contributed by atoms with Crippen molar-refractivity contribution in [1.82, 2.24) is 24.7 Å². The minimum absolute atomic E-state index is 0.0700. The molecule has 0 saturated carbocycles. The van der Waals surface area contributed by atoms with Crippen LogP contribution in [0.1, 0.15) is 26.2 Å². The Bertz CT molecular complexity index is 501. The largest absolute Gasteiger partial charge is 0.379 e. The summed E-state index contributed by atoms with van der Waals surface area (Å²) in [5.41, 5.74) is 0. The topological polar surface area (TPSA) is 62.6 Å². The first-order valence-corrected chi connectivity index (χ1v) is 9.05. The van der Waals surface area contributed by atoms with E-state index in [4.69, 9.17) is 4.74 Å². The SMILES string of the molecule is C[C@@H](Cn1ccnc1)NC(=O)N1CCCC[C@H]1CN1CCOCC1. The molecule has 7 nitrogen and oxygen atoms in total. The fourth-order valence-electron chi connectivity index (χ4n) is 3.59. The maximum Gasteiger partial charge on any atom is 0.317 e. The van der Waals surface area contributed by atoms with E-state index in [0.717, 1.165) is 58.8 Å². The number of carbonyl (C=O) groups is 1. The summed E-state index contributed by atoms with van der Waals surface area (Å²) in [6.07, 6.45) is 8.88. The molecule has 2 amide bonds. The van der Waals surface area contributed by atoms with Gasteiger partial charge in [0.1, 0.15) is 0 Å². The number of aromatic nitrogens is 2. The molecule has 2 saturated heterocycles. The first-order valence-electron chi connectivity index (χ1n) is 9.05. The highest BCUT2D eigenvalue weighted by Gasteiger charge is 2.29. The predicted octanol–water partition coefficient (Wildman–Crippen LogP) is 1.17. The summed E-state index contributed by atoms with van der Waals surface area (Å²) < 4.78 is 7.42. The first-order chi connectivity index (χ1) is 11.7. The summed E-state index contributed by atoms with van der Waals surface area (Å²) in [5, 5.41) is 3.15. The van der Waals surface area contributed by atoms with Crippen molar-refractivity contribution in [2.75, 3.05) is 39.4 Å². The number of piperidine rings is 1. The number of rotatable bonds is 5. The molecular formula is C17H29N5O2. The minimum atomic E-state index is 0.0700. The lowest BCUT2D eigenvalue weighted by atomic mass is 10.0. The quantitative estimate of drug-likeness (QED) is 0.877. The van der Waals surface area contributed by atoms with Crippen molar-refractivity contribution < 1.29 is 9.53 Å². The van der Waals surface area contributed by atoms with Gasteiger partial charge in [0.2, 0.25) is 0 Å². The highest BCUT2D eigenvalue weighted by Crippen LogP contribution is 2.19. The van der Waals surface area contributed by atoms with Crippen molar-refractivity contribution in [2.45, 2.75) is 44.8 Å². The predicted molar refractivity (Wildman–Crippen MR) is 91.8 cm³/mol. The smallest absolute Gasteiger partial charge is 0.317 e. The van der Waals surface area contributed by atoms with Crippen LogP contribution in [-0.4, -0.2) is 76.9 Å². The molecule has 2 aliphatic rings. The molecule has 2 fully saturated rings. The highest BCUT2D eigenvalue weighted by atomic mass is 16.5. The number of imidazole rings is 1. The molecule has 0 aliphatic carbocycles. The van der Waals surface area contributed by atoms with Crippen molar-refractivity contribution in [3.8, 4) is 0 Å². The summed E-state index contributed by atoms with van der Waals surface area (Å²) in [6.45, 7) is 8.17. The van der Waals surface area contributed by atoms with Crippen molar-refractivity contribution in [2.24, 2.45) is 0 Å². The second-order valence-corrected chi connectivity index (χ2v) is 6.87. The van der Waals surface area contributed by atoms with Gasteiger partial charge in [-0.1, -0.05) is 0 Å². The number of urea groups is 1. The first kappa shape index (κ1) is 17.2. The van der Waals surface area contributed by atoms with Gasteiger partial charge in [0.05, 0.1) is 19.5 Å². The number of morpholine rings is 1. The normalized spacial score (nSPS) is 23.9. The van der Waals surface area contributed by atoms with Gasteiger partial charge >= 0.3 is 6.03 Å². The Labute approximate surface area is 144 Å². The van der Waals surface area contributed by atoms with Gasteiger partial charge in [-0.3, -0.25) is 4.90 Å². The van der Waals surface area contributed by atoms with E-state index in [1.165, 1.54) is 6.42 Å². The Morgan fingerprint density at radius 3 is 2.92 bits per heavy atom. The Morgan fingerprint density at radius 2 is 2.17 bits per heavy atom. The number of nitrogens with one attached hydrogen (secondary N) is 1. The Kier molecular flexibility index (Phi) is 6.09. The fraction of sp³-hybridized carbons (Fsp3) is 0.765. The van der Waals surface area contributed by atoms with E-state index < -0.39 is 0 Å². The van der Waals surface area contributed by atoms with Crippen molar-refractivity contribution in [3.05, 3.63) is 18.7 Å². The van der Waals surface area contributed by atoms with E-state index in [1.807, 2.05) is 22.6 Å². The van der Waals surface area contributed by atoms with Crippen LogP contribution in [-0.2, 0) is 11.3 Å². The van der Waals surface area contributed by atoms with Crippen LogP contribution in [0.3, 0.4) is 0 Å². The lowest BCUT2D eigenvalue weighted by Crippen LogP contribution is -2.55. The zero-order chi connectivity index (χ0) is 16.8. The van der Waals surface area contributed by atoms with Gasteiger partial charge < -0.3 is 19.5 Å². The maximum atomic E-state index is 12.7. The molecule has 24 heavy (non-hydrogen) atoms. The molecule has 0 unspecified atom stereocenters. The molecule has 1 aromatic rings. The Morgan fingerprint density at radius 1 is 1.33 bits per heavy atom. The number of hydrogen-bond donors (Lipinski definition) is 1. The standard InChI is InChI=1S/C17H29N5O2/c1-15(12-21-7-5-18-14-21)19-17(23)22-6-3-2-4-16(22)13-20-8-10-24-11-9-20/h5,7,14-16H,2-4,6,8-13H2,1H3,(H,19,23)/t15-,16-/m0/s1. The number of hydrogen-bond acceptors (Lipinski definition) is 4. The van der Waals surface area contributed by atoms with Crippen molar-refractivity contribution in [3.63, 3.8) is 0 Å². The number of ether oxygens (including phenoxy) is 1. The third kappa shape index (κ3) is 4.70. The van der Waals surface area contributed by atoms with Crippen LogP contribution in [0, 0.1) is 0 Å². The molecule has 7 heteroatoms. The lowest BCUT2D eigenvalue weighted by molar-refractivity contribution is 0.0220. The average Bonchev–Trinajstić information content (AvgIpc) is 3.09. The van der Waals surface area contributed by atoms with E-state index in [1.54, 1.807) is 12.5 Å². The molecule has 0 spiro atoms. The van der Waals surface area contributed by atoms with Gasteiger partial charge in [0.25, 0.3) is 0 Å². The number of nitrogens with zero attached hydrogens (tertiary/aromatic N) is 4. The van der Waals surface area contributed by atoms with Gasteiger partial charge in [0.15, 0.2) is 0 Å². The van der Waals surface area contributed by atoms with Gasteiger partial charge in [0, 0.05) is 57.2 Å². The third-order valence-electron chi connectivity index (χ3n) is 4.87. The van der Waals surface area contributed by atoms with Crippen LogP contribution in [0.5, 0.6) is 0 Å². The van der Waals surface area contributed by atoms with Gasteiger partial charge in [-0.05, 0) is 26.2 Å². The summed E-state index contributed by atoms with van der Waals surface area (Å²) in [5.74, 6) is 0. The van der Waals surface area contributed by atoms with Crippen LogP contribution >= 0.6 is 0 Å². The molecule has 134 valence electrons. The zero-order valence-corrected chi connectivity index (χ0v) is 14.6. The number of amides is 2. The van der Waals surface area contributed by atoms with E-state index in [2.05, 4.69) is 15.2 Å². The van der Waals surface area contributed by atoms with Gasteiger partial charge in [-0.2, -0.15) is 0 Å². The Balaban J connectivity index is 1.52.